The summed E-state index contributed by atoms with van der Waals surface area (Å²) in [6.45, 7) is 6.52. The van der Waals surface area contributed by atoms with Crippen LogP contribution in [-0.2, 0) is 0 Å². The van der Waals surface area contributed by atoms with E-state index in [1.54, 1.807) is 13.0 Å². The van der Waals surface area contributed by atoms with Crippen molar-refractivity contribution >= 4 is 17.3 Å². The number of nitrogens with zero attached hydrogens (tertiary/aromatic N) is 2. The summed E-state index contributed by atoms with van der Waals surface area (Å²) in [5.74, 6) is 1.87. The average Bonchev–Trinajstić information content (AvgIpc) is 2.41. The van der Waals surface area contributed by atoms with Crippen LogP contribution in [0.4, 0.5) is 21.7 Å². The number of hydrogen-bond acceptors (Lipinski definition) is 4. The van der Waals surface area contributed by atoms with Gasteiger partial charge in [-0.15, -0.1) is 0 Å². The van der Waals surface area contributed by atoms with Gasteiger partial charge in [0.05, 0.1) is 0 Å². The number of rotatable bonds is 5. The molecule has 1 heterocycles. The number of benzene rings is 1. The molecule has 0 unspecified atom stereocenters. The van der Waals surface area contributed by atoms with E-state index >= 15 is 0 Å². The first-order valence-corrected chi connectivity index (χ1v) is 6.72. The molecule has 0 amide bonds. The van der Waals surface area contributed by atoms with Gasteiger partial charge in [-0.3, -0.25) is 0 Å². The predicted molar refractivity (Wildman–Crippen MR) is 80.0 cm³/mol. The highest BCUT2D eigenvalue weighted by Gasteiger charge is 2.06. The van der Waals surface area contributed by atoms with Crippen molar-refractivity contribution in [3.05, 3.63) is 41.5 Å². The highest BCUT2D eigenvalue weighted by molar-refractivity contribution is 5.62. The molecule has 4 nitrogen and oxygen atoms in total. The van der Waals surface area contributed by atoms with Gasteiger partial charge in [-0.05, 0) is 32.4 Å². The first kappa shape index (κ1) is 14.2. The van der Waals surface area contributed by atoms with Crippen molar-refractivity contribution in [1.82, 2.24) is 9.97 Å². The Hall–Kier alpha value is -2.17. The Bertz CT molecular complexity index is 598. The first-order chi connectivity index (χ1) is 9.60. The van der Waals surface area contributed by atoms with E-state index in [-0.39, 0.29) is 5.82 Å². The minimum absolute atomic E-state index is 0.231. The molecule has 0 aliphatic rings. The van der Waals surface area contributed by atoms with Gasteiger partial charge in [0.25, 0.3) is 0 Å². The van der Waals surface area contributed by atoms with Gasteiger partial charge in [-0.25, -0.2) is 14.4 Å². The molecular formula is C15H19FN4. The zero-order chi connectivity index (χ0) is 14.5. The van der Waals surface area contributed by atoms with Crippen LogP contribution in [0.15, 0.2) is 24.3 Å². The molecule has 20 heavy (non-hydrogen) atoms. The molecule has 1 aromatic heterocycles. The molecule has 2 rings (SSSR count). The lowest BCUT2D eigenvalue weighted by molar-refractivity contribution is 0.619. The second kappa shape index (κ2) is 6.32. The van der Waals surface area contributed by atoms with E-state index in [4.69, 9.17) is 0 Å². The molecular weight excluding hydrogens is 255 g/mol. The molecule has 0 spiro atoms. The summed E-state index contributed by atoms with van der Waals surface area (Å²) in [4.78, 5) is 8.64. The molecule has 106 valence electrons. The van der Waals surface area contributed by atoms with Crippen LogP contribution < -0.4 is 10.6 Å². The maximum Gasteiger partial charge on any atom is 0.136 e. The van der Waals surface area contributed by atoms with Crippen LogP contribution in [0.3, 0.4) is 0 Å². The van der Waals surface area contributed by atoms with E-state index in [0.29, 0.717) is 22.9 Å². The smallest absolute Gasteiger partial charge is 0.136 e. The molecule has 2 N–H and O–H groups in total. The molecule has 0 bridgehead atoms. The van der Waals surface area contributed by atoms with Crippen molar-refractivity contribution < 1.29 is 4.39 Å². The molecule has 0 atom stereocenters. The number of nitrogens with one attached hydrogen (secondary N) is 2. The van der Waals surface area contributed by atoms with Gasteiger partial charge in [-0.1, -0.05) is 13.0 Å². The van der Waals surface area contributed by atoms with Gasteiger partial charge in [0.15, 0.2) is 0 Å². The highest BCUT2D eigenvalue weighted by Crippen LogP contribution is 2.22. The third kappa shape index (κ3) is 3.44. The highest BCUT2D eigenvalue weighted by atomic mass is 19.1. The topological polar surface area (TPSA) is 49.8 Å². The standard InChI is InChI=1S/C15H19FN4/c1-4-8-17-14-9-15(19-11(3)18-14)20-13-7-5-6-12(16)10(13)2/h5-7,9H,4,8H2,1-3H3,(H2,17,18,19,20). The number of aromatic nitrogens is 2. The van der Waals surface area contributed by atoms with Crippen LogP contribution in [0.1, 0.15) is 24.7 Å². The first-order valence-electron chi connectivity index (χ1n) is 6.72. The quantitative estimate of drug-likeness (QED) is 0.870. The van der Waals surface area contributed by atoms with Crippen molar-refractivity contribution in [2.45, 2.75) is 27.2 Å². The number of aryl methyl sites for hydroxylation is 1. The van der Waals surface area contributed by atoms with Crippen LogP contribution in [0, 0.1) is 19.7 Å². The largest absolute Gasteiger partial charge is 0.370 e. The second-order valence-corrected chi connectivity index (χ2v) is 4.65. The van der Waals surface area contributed by atoms with Crippen molar-refractivity contribution in [3.63, 3.8) is 0 Å². The van der Waals surface area contributed by atoms with Gasteiger partial charge < -0.3 is 10.6 Å². The van der Waals surface area contributed by atoms with Crippen molar-refractivity contribution in [2.24, 2.45) is 0 Å². The van der Waals surface area contributed by atoms with Crippen LogP contribution in [-0.4, -0.2) is 16.5 Å². The minimum Gasteiger partial charge on any atom is -0.370 e. The van der Waals surface area contributed by atoms with E-state index < -0.39 is 0 Å². The van der Waals surface area contributed by atoms with Crippen LogP contribution in [0.25, 0.3) is 0 Å². The molecule has 0 aliphatic heterocycles. The Morgan fingerprint density at radius 2 is 1.90 bits per heavy atom. The molecule has 1 aromatic carbocycles. The third-order valence-electron chi connectivity index (χ3n) is 2.92. The Morgan fingerprint density at radius 1 is 1.15 bits per heavy atom. The zero-order valence-corrected chi connectivity index (χ0v) is 12.0. The zero-order valence-electron chi connectivity index (χ0n) is 12.0. The summed E-state index contributed by atoms with van der Waals surface area (Å²) in [7, 11) is 0. The number of anilines is 3. The summed E-state index contributed by atoms with van der Waals surface area (Å²) in [6.07, 6.45) is 1.02. The Kier molecular flexibility index (Phi) is 4.50. The lowest BCUT2D eigenvalue weighted by Crippen LogP contribution is -2.06. The third-order valence-corrected chi connectivity index (χ3v) is 2.92. The van der Waals surface area contributed by atoms with Gasteiger partial charge >= 0.3 is 0 Å². The monoisotopic (exact) mass is 274 g/mol. The van der Waals surface area contributed by atoms with E-state index in [2.05, 4.69) is 27.5 Å². The van der Waals surface area contributed by atoms with E-state index in [1.165, 1.54) is 6.07 Å². The molecule has 0 aliphatic carbocycles. The normalized spacial score (nSPS) is 10.4. The van der Waals surface area contributed by atoms with Gasteiger partial charge in [0.2, 0.25) is 0 Å². The summed E-state index contributed by atoms with van der Waals surface area (Å²) in [6, 6.07) is 6.77. The van der Waals surface area contributed by atoms with Crippen LogP contribution >= 0.6 is 0 Å². The van der Waals surface area contributed by atoms with Crippen molar-refractivity contribution in [1.29, 1.82) is 0 Å². The van der Waals surface area contributed by atoms with Crippen LogP contribution in [0.2, 0.25) is 0 Å². The average molecular weight is 274 g/mol. The van der Waals surface area contributed by atoms with Crippen molar-refractivity contribution in [2.75, 3.05) is 17.2 Å². The molecule has 0 fully saturated rings. The minimum atomic E-state index is -0.231. The lowest BCUT2D eigenvalue weighted by atomic mass is 10.2. The fourth-order valence-corrected chi connectivity index (χ4v) is 1.86. The Balaban J connectivity index is 2.24. The Labute approximate surface area is 118 Å². The molecule has 5 heteroatoms. The molecule has 0 radical (unpaired) electrons. The van der Waals surface area contributed by atoms with E-state index in [9.17, 15) is 4.39 Å². The Morgan fingerprint density at radius 3 is 2.65 bits per heavy atom. The summed E-state index contributed by atoms with van der Waals surface area (Å²) >= 11 is 0. The fraction of sp³-hybridized carbons (Fsp3) is 0.333. The van der Waals surface area contributed by atoms with E-state index in [1.807, 2.05) is 19.1 Å². The maximum atomic E-state index is 13.5. The lowest BCUT2D eigenvalue weighted by Gasteiger charge is -2.11. The SMILES string of the molecule is CCCNc1cc(Nc2cccc(F)c2C)nc(C)n1. The van der Waals surface area contributed by atoms with Crippen molar-refractivity contribution in [3.8, 4) is 0 Å². The maximum absolute atomic E-state index is 13.5. The molecule has 0 saturated carbocycles. The van der Waals surface area contributed by atoms with Gasteiger partial charge in [-0.2, -0.15) is 0 Å². The summed E-state index contributed by atoms with van der Waals surface area (Å²) in [5, 5.41) is 6.36. The summed E-state index contributed by atoms with van der Waals surface area (Å²) < 4.78 is 13.5. The second-order valence-electron chi connectivity index (χ2n) is 4.65. The van der Waals surface area contributed by atoms with Crippen LogP contribution in [0.5, 0.6) is 0 Å². The molecule has 2 aromatic rings. The number of halogens is 1. The van der Waals surface area contributed by atoms with E-state index in [0.717, 1.165) is 18.8 Å². The fourth-order valence-electron chi connectivity index (χ4n) is 1.86. The summed E-state index contributed by atoms with van der Waals surface area (Å²) in [5.41, 5.74) is 1.29. The number of hydrogen-bond donors (Lipinski definition) is 2. The predicted octanol–water partition coefficient (Wildman–Crippen LogP) is 3.80. The van der Waals surface area contributed by atoms with Gasteiger partial charge in [0.1, 0.15) is 23.3 Å². The molecule has 0 saturated heterocycles. The van der Waals surface area contributed by atoms with Gasteiger partial charge in [0, 0.05) is 23.9 Å².